The third-order valence-electron chi connectivity index (χ3n) is 3.38. The molecule has 1 aliphatic rings. The van der Waals surface area contributed by atoms with Crippen LogP contribution in [-0.2, 0) is 11.2 Å². The van der Waals surface area contributed by atoms with Crippen LogP contribution in [0.3, 0.4) is 0 Å². The van der Waals surface area contributed by atoms with Crippen molar-refractivity contribution in [2.75, 3.05) is 5.32 Å². The lowest BCUT2D eigenvalue weighted by Gasteiger charge is -2.17. The summed E-state index contributed by atoms with van der Waals surface area (Å²) in [5.74, 6) is 0.352. The number of halogens is 1. The van der Waals surface area contributed by atoms with Gasteiger partial charge in [-0.05, 0) is 37.3 Å². The lowest BCUT2D eigenvalue weighted by atomic mass is 10.1. The molecule has 0 saturated heterocycles. The van der Waals surface area contributed by atoms with Gasteiger partial charge in [0.15, 0.2) is 0 Å². The van der Waals surface area contributed by atoms with Crippen molar-refractivity contribution < 1.29 is 13.6 Å². The molecule has 4 nitrogen and oxygen atoms in total. The van der Waals surface area contributed by atoms with Crippen molar-refractivity contribution in [2.45, 2.75) is 25.4 Å². The average molecular weight is 274 g/mol. The van der Waals surface area contributed by atoms with Gasteiger partial charge in [0, 0.05) is 23.7 Å². The maximum absolute atomic E-state index is 13.3. The Labute approximate surface area is 116 Å². The second kappa shape index (κ2) is 5.09. The topological polar surface area (TPSA) is 54.3 Å². The highest BCUT2D eigenvalue weighted by Gasteiger charge is 2.31. The minimum Gasteiger partial charge on any atom is -0.469 e. The molecule has 2 N–H and O–H groups in total. The lowest BCUT2D eigenvalue weighted by molar-refractivity contribution is -0.117. The first kappa shape index (κ1) is 12.9. The van der Waals surface area contributed by atoms with Crippen LogP contribution in [0.25, 0.3) is 0 Å². The molecule has 1 amide bonds. The summed E-state index contributed by atoms with van der Waals surface area (Å²) < 4.78 is 18.6. The largest absolute Gasteiger partial charge is 0.469 e. The predicted molar refractivity (Wildman–Crippen MR) is 72.8 cm³/mol. The Morgan fingerprint density at radius 2 is 2.30 bits per heavy atom. The monoisotopic (exact) mass is 274 g/mol. The van der Waals surface area contributed by atoms with E-state index in [1.807, 2.05) is 19.1 Å². The normalized spacial score (nSPS) is 18.7. The molecule has 1 aliphatic heterocycles. The van der Waals surface area contributed by atoms with E-state index in [0.29, 0.717) is 17.7 Å². The quantitative estimate of drug-likeness (QED) is 0.901. The Balaban J connectivity index is 1.74. The molecule has 20 heavy (non-hydrogen) atoms. The number of furan rings is 1. The fraction of sp³-hybridized carbons (Fsp3) is 0.267. The average Bonchev–Trinajstić information content (AvgIpc) is 3.00. The van der Waals surface area contributed by atoms with Crippen LogP contribution in [0.2, 0.25) is 0 Å². The molecule has 2 heterocycles. The van der Waals surface area contributed by atoms with Crippen molar-refractivity contribution in [1.82, 2.24) is 5.32 Å². The van der Waals surface area contributed by atoms with E-state index in [1.54, 1.807) is 12.3 Å². The first-order valence-corrected chi connectivity index (χ1v) is 6.52. The van der Waals surface area contributed by atoms with Crippen molar-refractivity contribution in [1.29, 1.82) is 0 Å². The molecule has 0 bridgehead atoms. The molecule has 104 valence electrons. The first-order chi connectivity index (χ1) is 9.63. The highest BCUT2D eigenvalue weighted by atomic mass is 19.1. The van der Waals surface area contributed by atoms with E-state index in [1.165, 1.54) is 12.1 Å². The van der Waals surface area contributed by atoms with Crippen LogP contribution in [-0.4, -0.2) is 11.9 Å². The second-order valence-corrected chi connectivity index (χ2v) is 5.01. The fourth-order valence-electron chi connectivity index (χ4n) is 2.47. The first-order valence-electron chi connectivity index (χ1n) is 6.52. The number of amides is 1. The molecule has 0 spiro atoms. The molecular weight excluding hydrogens is 259 g/mol. The minimum atomic E-state index is -0.523. The van der Waals surface area contributed by atoms with Gasteiger partial charge in [0.25, 0.3) is 0 Å². The molecule has 2 aromatic rings. The summed E-state index contributed by atoms with van der Waals surface area (Å²) in [5, 5.41) is 5.96. The Morgan fingerprint density at radius 1 is 1.45 bits per heavy atom. The van der Waals surface area contributed by atoms with Gasteiger partial charge in [0.2, 0.25) is 5.91 Å². The number of carbonyl (C=O) groups excluding carboxylic acids is 1. The van der Waals surface area contributed by atoms with E-state index in [0.717, 1.165) is 5.76 Å². The van der Waals surface area contributed by atoms with E-state index in [4.69, 9.17) is 4.42 Å². The zero-order valence-corrected chi connectivity index (χ0v) is 11.0. The van der Waals surface area contributed by atoms with Gasteiger partial charge < -0.3 is 9.73 Å². The molecule has 0 aliphatic carbocycles. The molecule has 0 saturated carbocycles. The summed E-state index contributed by atoms with van der Waals surface area (Å²) >= 11 is 0. The highest BCUT2D eigenvalue weighted by molar-refractivity contribution is 6.02. The highest BCUT2D eigenvalue weighted by Crippen LogP contribution is 2.31. The van der Waals surface area contributed by atoms with Gasteiger partial charge in [0.1, 0.15) is 17.6 Å². The number of hydrogen-bond donors (Lipinski definition) is 2. The van der Waals surface area contributed by atoms with Gasteiger partial charge in [-0.15, -0.1) is 0 Å². The van der Waals surface area contributed by atoms with Crippen molar-refractivity contribution in [3.63, 3.8) is 0 Å². The SMILES string of the molecule is CC(Cc1ccco1)NC1C(=O)Nc2ccc(F)cc21. The third-order valence-corrected chi connectivity index (χ3v) is 3.38. The van der Waals surface area contributed by atoms with Crippen LogP contribution in [0.4, 0.5) is 10.1 Å². The smallest absolute Gasteiger partial charge is 0.246 e. The summed E-state index contributed by atoms with van der Waals surface area (Å²) in [6, 6.07) is 7.55. The van der Waals surface area contributed by atoms with Crippen LogP contribution in [0.5, 0.6) is 0 Å². The maximum atomic E-state index is 13.3. The molecule has 2 atom stereocenters. The Hall–Kier alpha value is -2.14. The van der Waals surface area contributed by atoms with Crippen molar-refractivity contribution in [3.05, 3.63) is 53.7 Å². The van der Waals surface area contributed by atoms with Gasteiger partial charge in [-0.1, -0.05) is 0 Å². The lowest BCUT2D eigenvalue weighted by Crippen LogP contribution is -2.35. The number of rotatable bonds is 4. The molecule has 2 unspecified atom stereocenters. The van der Waals surface area contributed by atoms with Crippen molar-refractivity contribution >= 4 is 11.6 Å². The number of benzene rings is 1. The Morgan fingerprint density at radius 3 is 3.05 bits per heavy atom. The van der Waals surface area contributed by atoms with Gasteiger partial charge in [-0.2, -0.15) is 0 Å². The summed E-state index contributed by atoms with van der Waals surface area (Å²) in [6.07, 6.45) is 2.29. The maximum Gasteiger partial charge on any atom is 0.246 e. The van der Waals surface area contributed by atoms with E-state index >= 15 is 0 Å². The summed E-state index contributed by atoms with van der Waals surface area (Å²) in [5.41, 5.74) is 1.32. The standard InChI is InChI=1S/C15H15FN2O2/c1-9(7-11-3-2-6-20-11)17-14-12-8-10(16)4-5-13(12)18-15(14)19/h2-6,8-9,14,17H,7H2,1H3,(H,18,19). The van der Waals surface area contributed by atoms with Crippen LogP contribution in [0.1, 0.15) is 24.3 Å². The fourth-order valence-corrected chi connectivity index (χ4v) is 2.47. The second-order valence-electron chi connectivity index (χ2n) is 5.01. The number of carbonyl (C=O) groups is 1. The van der Waals surface area contributed by atoms with Gasteiger partial charge in [0.05, 0.1) is 6.26 Å². The number of nitrogens with one attached hydrogen (secondary N) is 2. The van der Waals surface area contributed by atoms with Gasteiger partial charge in [-0.3, -0.25) is 10.1 Å². The molecule has 1 aromatic heterocycles. The number of fused-ring (bicyclic) bond motifs is 1. The summed E-state index contributed by atoms with van der Waals surface area (Å²) in [7, 11) is 0. The van der Waals surface area contributed by atoms with Crippen molar-refractivity contribution in [2.24, 2.45) is 0 Å². The molecule has 0 radical (unpaired) electrons. The minimum absolute atomic E-state index is 0.0334. The third kappa shape index (κ3) is 2.44. The van der Waals surface area contributed by atoms with E-state index in [9.17, 15) is 9.18 Å². The summed E-state index contributed by atoms with van der Waals surface area (Å²) in [4.78, 5) is 12.0. The number of anilines is 1. The van der Waals surface area contributed by atoms with Gasteiger partial charge in [-0.25, -0.2) is 4.39 Å². The molecular formula is C15H15FN2O2. The molecule has 3 rings (SSSR count). The summed E-state index contributed by atoms with van der Waals surface area (Å²) in [6.45, 7) is 1.97. The van der Waals surface area contributed by atoms with Crippen LogP contribution < -0.4 is 10.6 Å². The zero-order valence-electron chi connectivity index (χ0n) is 11.0. The Bertz CT molecular complexity index is 625. The van der Waals surface area contributed by atoms with Crippen LogP contribution in [0.15, 0.2) is 41.0 Å². The predicted octanol–water partition coefficient (Wildman–Crippen LogP) is 2.63. The van der Waals surface area contributed by atoms with Crippen molar-refractivity contribution in [3.8, 4) is 0 Å². The van der Waals surface area contributed by atoms with E-state index in [-0.39, 0.29) is 17.8 Å². The molecule has 1 aromatic carbocycles. The van der Waals surface area contributed by atoms with Gasteiger partial charge >= 0.3 is 0 Å². The molecule has 0 fully saturated rings. The zero-order chi connectivity index (χ0) is 14.1. The Kier molecular flexibility index (Phi) is 3.28. The van der Waals surface area contributed by atoms with E-state index in [2.05, 4.69) is 10.6 Å². The molecule has 5 heteroatoms. The van der Waals surface area contributed by atoms with Crippen LogP contribution >= 0.6 is 0 Å². The van der Waals surface area contributed by atoms with E-state index < -0.39 is 6.04 Å². The number of hydrogen-bond acceptors (Lipinski definition) is 3. The van der Waals surface area contributed by atoms with Crippen LogP contribution in [0, 0.1) is 5.82 Å².